The predicted octanol–water partition coefficient (Wildman–Crippen LogP) is 7.62. The first-order chi connectivity index (χ1) is 16.0. The number of alkyl halides is 3. The summed E-state index contributed by atoms with van der Waals surface area (Å²) >= 11 is 18.1. The lowest BCUT2D eigenvalue weighted by Crippen LogP contribution is -2.33. The van der Waals surface area contributed by atoms with Gasteiger partial charge in [0.25, 0.3) is 11.8 Å². The Hall–Kier alpha value is -3.00. The van der Waals surface area contributed by atoms with Crippen molar-refractivity contribution < 1.29 is 27.6 Å². The van der Waals surface area contributed by atoms with Gasteiger partial charge in [-0.25, -0.2) is 0 Å². The molecule has 3 aromatic rings. The number of benzene rings is 3. The third kappa shape index (κ3) is 4.92. The largest absolute Gasteiger partial charge is 0.392 e. The van der Waals surface area contributed by atoms with Gasteiger partial charge in [0.2, 0.25) is 0 Å². The van der Waals surface area contributed by atoms with E-state index in [-0.39, 0.29) is 37.5 Å². The molecule has 0 bridgehead atoms. The van der Waals surface area contributed by atoms with Crippen LogP contribution in [0.3, 0.4) is 0 Å². The first-order valence-corrected chi connectivity index (χ1v) is 10.9. The molecule has 0 unspecified atom stereocenters. The van der Waals surface area contributed by atoms with Crippen LogP contribution in [0.4, 0.5) is 13.2 Å². The van der Waals surface area contributed by atoms with Crippen molar-refractivity contribution in [2.45, 2.75) is 12.6 Å². The number of fused-ring (bicyclic) bond motifs is 1. The first-order valence-electron chi connectivity index (χ1n) is 9.73. The topological polar surface area (TPSA) is 46.6 Å². The maximum absolute atomic E-state index is 12.9. The third-order valence-corrected chi connectivity index (χ3v) is 6.15. The summed E-state index contributed by atoms with van der Waals surface area (Å²) < 4.78 is 38.8. The van der Waals surface area contributed by atoms with Crippen molar-refractivity contribution in [3.63, 3.8) is 0 Å². The van der Waals surface area contributed by atoms with Crippen LogP contribution >= 0.6 is 34.8 Å². The fraction of sp³-hybridized carbons (Fsp3) is 0.0833. The quantitative estimate of drug-likeness (QED) is 0.254. The van der Waals surface area contributed by atoms with E-state index in [1.807, 2.05) is 0 Å². The molecule has 4 nitrogen and oxygen atoms in total. The molecule has 0 saturated heterocycles. The Balaban J connectivity index is 1.63. The number of hydrogen-bond acceptors (Lipinski definition) is 3. The summed E-state index contributed by atoms with van der Waals surface area (Å²) in [7, 11) is 0. The molecule has 0 atom stereocenters. The molecular formula is C24H13Cl3F3NO3. The number of rotatable bonds is 5. The Labute approximate surface area is 207 Å². The number of imide groups is 1. The smallest absolute Gasteiger partial charge is 0.368 e. The van der Waals surface area contributed by atoms with Gasteiger partial charge in [0.15, 0.2) is 5.75 Å². The van der Waals surface area contributed by atoms with Gasteiger partial charge in [0, 0.05) is 0 Å². The number of amides is 2. The zero-order valence-electron chi connectivity index (χ0n) is 17.0. The number of carbonyl (C=O) groups excluding carboxylic acids is 2. The van der Waals surface area contributed by atoms with Gasteiger partial charge in [-0.2, -0.15) is 13.2 Å². The summed E-state index contributed by atoms with van der Waals surface area (Å²) in [6.07, 6.45) is -4.61. The number of carbonyl (C=O) groups is 2. The van der Waals surface area contributed by atoms with Crippen LogP contribution in [0.25, 0.3) is 5.57 Å². The zero-order valence-corrected chi connectivity index (χ0v) is 19.3. The highest BCUT2D eigenvalue weighted by Gasteiger charge is 2.37. The van der Waals surface area contributed by atoms with E-state index in [1.165, 1.54) is 48.5 Å². The minimum atomic E-state index is -4.43. The molecule has 1 heterocycles. The van der Waals surface area contributed by atoms with Gasteiger partial charge >= 0.3 is 6.18 Å². The van der Waals surface area contributed by atoms with Crippen molar-refractivity contribution in [1.82, 2.24) is 5.06 Å². The second-order valence-corrected chi connectivity index (χ2v) is 8.45. The predicted molar refractivity (Wildman–Crippen MR) is 123 cm³/mol. The van der Waals surface area contributed by atoms with Gasteiger partial charge < -0.3 is 4.84 Å². The molecule has 1 aliphatic heterocycles. The van der Waals surface area contributed by atoms with Gasteiger partial charge in [-0.05, 0) is 53.1 Å². The number of halogens is 6. The summed E-state index contributed by atoms with van der Waals surface area (Å²) in [6, 6.07) is 15.0. The highest BCUT2D eigenvalue weighted by Crippen LogP contribution is 2.37. The normalized spacial score (nSPS) is 13.9. The number of hydrogen-bond donors (Lipinski definition) is 0. The van der Waals surface area contributed by atoms with Crippen LogP contribution < -0.4 is 4.84 Å². The molecule has 34 heavy (non-hydrogen) atoms. The molecule has 1 aliphatic rings. The number of allylic oxidation sites excluding steroid dienone is 1. The van der Waals surface area contributed by atoms with Crippen LogP contribution in [0, 0.1) is 0 Å². The summed E-state index contributed by atoms with van der Waals surface area (Å²) in [6.45, 7) is 0. The van der Waals surface area contributed by atoms with E-state index in [4.69, 9.17) is 39.6 Å². The standard InChI is InChI=1S/C24H13Cl3F3NO3/c25-19-11-14(12-20(26)21(19)27)16(9-10-24(28,29)30)13-5-7-15(8-6-13)34-31-22(32)17-3-1-2-4-18(17)23(31)33/h1-9,11-12H,10H2/b16-9+. The minimum absolute atomic E-state index is 0.0898. The van der Waals surface area contributed by atoms with Crippen molar-refractivity contribution in [1.29, 1.82) is 0 Å². The van der Waals surface area contributed by atoms with Crippen LogP contribution in [0.5, 0.6) is 5.75 Å². The fourth-order valence-corrected chi connectivity index (χ4v) is 3.98. The first kappa shape index (κ1) is 24.1. The molecule has 0 spiro atoms. The molecule has 3 aromatic carbocycles. The summed E-state index contributed by atoms with van der Waals surface area (Å²) in [5.41, 5.74) is 1.38. The van der Waals surface area contributed by atoms with E-state index >= 15 is 0 Å². The van der Waals surface area contributed by atoms with E-state index in [2.05, 4.69) is 0 Å². The average Bonchev–Trinajstić information content (AvgIpc) is 3.03. The van der Waals surface area contributed by atoms with Crippen LogP contribution in [0.15, 0.2) is 66.7 Å². The third-order valence-electron chi connectivity index (χ3n) is 4.95. The molecule has 10 heteroatoms. The second-order valence-electron chi connectivity index (χ2n) is 7.26. The van der Waals surface area contributed by atoms with E-state index in [9.17, 15) is 22.8 Å². The monoisotopic (exact) mass is 525 g/mol. The van der Waals surface area contributed by atoms with Crippen LogP contribution in [-0.2, 0) is 0 Å². The summed E-state index contributed by atoms with van der Waals surface area (Å²) in [4.78, 5) is 30.4. The zero-order chi connectivity index (χ0) is 24.6. The van der Waals surface area contributed by atoms with Crippen LogP contribution in [-0.4, -0.2) is 23.1 Å². The molecule has 0 radical (unpaired) electrons. The van der Waals surface area contributed by atoms with Crippen molar-refractivity contribution in [2.75, 3.05) is 0 Å². The van der Waals surface area contributed by atoms with E-state index in [0.717, 1.165) is 6.08 Å². The molecule has 2 amide bonds. The van der Waals surface area contributed by atoms with E-state index in [1.54, 1.807) is 12.1 Å². The van der Waals surface area contributed by atoms with Crippen molar-refractivity contribution in [3.05, 3.63) is 104 Å². The van der Waals surface area contributed by atoms with Gasteiger partial charge in [0.05, 0.1) is 32.6 Å². The maximum atomic E-state index is 12.9. The minimum Gasteiger partial charge on any atom is -0.368 e. The number of nitrogens with zero attached hydrogens (tertiary/aromatic N) is 1. The molecule has 0 aromatic heterocycles. The SMILES string of the molecule is O=C1c2ccccc2C(=O)N1Oc1ccc(/C(=C\CC(F)(F)F)c2cc(Cl)c(Cl)c(Cl)c2)cc1. The Morgan fingerprint density at radius 2 is 1.38 bits per heavy atom. The van der Waals surface area contributed by atoms with Crippen LogP contribution in [0.1, 0.15) is 38.3 Å². The van der Waals surface area contributed by atoms with Crippen molar-refractivity contribution in [3.8, 4) is 5.75 Å². The van der Waals surface area contributed by atoms with E-state index in [0.29, 0.717) is 16.2 Å². The van der Waals surface area contributed by atoms with Gasteiger partial charge in [-0.3, -0.25) is 9.59 Å². The fourth-order valence-electron chi connectivity index (χ4n) is 3.38. The average molecular weight is 527 g/mol. The van der Waals surface area contributed by atoms with Gasteiger partial charge in [-0.1, -0.05) is 70.2 Å². The maximum Gasteiger partial charge on any atom is 0.392 e. The Morgan fingerprint density at radius 1 is 0.853 bits per heavy atom. The lowest BCUT2D eigenvalue weighted by Gasteiger charge is -2.16. The van der Waals surface area contributed by atoms with Gasteiger partial charge in [-0.15, -0.1) is 0 Å². The summed E-state index contributed by atoms with van der Waals surface area (Å²) in [5.74, 6) is -1.08. The highest BCUT2D eigenvalue weighted by atomic mass is 35.5. The molecule has 0 N–H and O–H groups in total. The molecule has 0 saturated carbocycles. The molecule has 4 rings (SSSR count). The molecular weight excluding hydrogens is 514 g/mol. The highest BCUT2D eigenvalue weighted by molar-refractivity contribution is 6.48. The Bertz CT molecular complexity index is 1260. The van der Waals surface area contributed by atoms with Crippen molar-refractivity contribution in [2.24, 2.45) is 0 Å². The van der Waals surface area contributed by atoms with E-state index < -0.39 is 24.4 Å². The lowest BCUT2D eigenvalue weighted by atomic mass is 9.96. The lowest BCUT2D eigenvalue weighted by molar-refractivity contribution is -0.124. The molecule has 0 fully saturated rings. The Kier molecular flexibility index (Phi) is 6.62. The van der Waals surface area contributed by atoms with Crippen LogP contribution in [0.2, 0.25) is 15.1 Å². The molecule has 174 valence electrons. The summed E-state index contributed by atoms with van der Waals surface area (Å²) in [5, 5.41) is 0.908. The number of hydroxylamine groups is 2. The Morgan fingerprint density at radius 3 is 1.88 bits per heavy atom. The van der Waals surface area contributed by atoms with Crippen molar-refractivity contribution >= 4 is 52.2 Å². The van der Waals surface area contributed by atoms with Gasteiger partial charge in [0.1, 0.15) is 0 Å². The second kappa shape index (κ2) is 9.33. The molecule has 0 aliphatic carbocycles.